The van der Waals surface area contributed by atoms with Gasteiger partial charge in [-0.3, -0.25) is 4.79 Å². The fourth-order valence-corrected chi connectivity index (χ4v) is 2.67. The standard InChI is InChI=1S/C15H15ClN2OS/c1-2-13(20-14-5-3-4-10-17-14)15(19)18-12-8-6-11(16)7-9-12/h3-10,13H,2H2,1H3,(H,18,19). The number of nitrogens with zero attached hydrogens (tertiary/aromatic N) is 1. The third kappa shape index (κ3) is 4.25. The number of benzene rings is 1. The van der Waals surface area contributed by atoms with E-state index in [9.17, 15) is 4.79 Å². The Bertz CT molecular complexity index is 560. The highest BCUT2D eigenvalue weighted by Crippen LogP contribution is 2.24. The summed E-state index contributed by atoms with van der Waals surface area (Å²) in [6.45, 7) is 1.99. The van der Waals surface area contributed by atoms with Crippen LogP contribution >= 0.6 is 23.4 Å². The Labute approximate surface area is 127 Å². The molecule has 0 radical (unpaired) electrons. The van der Waals surface area contributed by atoms with E-state index in [1.807, 2.05) is 25.1 Å². The molecule has 1 heterocycles. The maximum absolute atomic E-state index is 12.2. The molecule has 1 aromatic carbocycles. The van der Waals surface area contributed by atoms with Crippen molar-refractivity contribution >= 4 is 35.0 Å². The van der Waals surface area contributed by atoms with Gasteiger partial charge in [0.2, 0.25) is 5.91 Å². The summed E-state index contributed by atoms with van der Waals surface area (Å²) >= 11 is 7.29. The monoisotopic (exact) mass is 306 g/mol. The average molecular weight is 307 g/mol. The van der Waals surface area contributed by atoms with Crippen LogP contribution in [0.4, 0.5) is 5.69 Å². The summed E-state index contributed by atoms with van der Waals surface area (Å²) in [5, 5.41) is 4.23. The van der Waals surface area contributed by atoms with Crippen molar-refractivity contribution < 1.29 is 4.79 Å². The SMILES string of the molecule is CCC(Sc1ccccn1)C(=O)Nc1ccc(Cl)cc1. The molecule has 0 saturated carbocycles. The van der Waals surface area contributed by atoms with Gasteiger partial charge in [-0.1, -0.05) is 36.4 Å². The summed E-state index contributed by atoms with van der Waals surface area (Å²) in [6.07, 6.45) is 2.47. The first-order valence-electron chi connectivity index (χ1n) is 6.33. The van der Waals surface area contributed by atoms with Crippen molar-refractivity contribution in [1.29, 1.82) is 0 Å². The number of carbonyl (C=O) groups excluding carboxylic acids is 1. The van der Waals surface area contributed by atoms with Gasteiger partial charge in [0.1, 0.15) is 0 Å². The third-order valence-electron chi connectivity index (χ3n) is 2.68. The molecule has 0 spiro atoms. The first kappa shape index (κ1) is 14.9. The maximum atomic E-state index is 12.2. The number of carbonyl (C=O) groups is 1. The molecule has 20 heavy (non-hydrogen) atoms. The Morgan fingerprint density at radius 1 is 1.30 bits per heavy atom. The Hall–Kier alpha value is -1.52. The molecule has 2 rings (SSSR count). The molecular weight excluding hydrogens is 292 g/mol. The minimum absolute atomic E-state index is 0.0227. The van der Waals surface area contributed by atoms with Crippen LogP contribution in [0, 0.1) is 0 Å². The highest BCUT2D eigenvalue weighted by atomic mass is 35.5. The number of pyridine rings is 1. The molecule has 0 bridgehead atoms. The second-order valence-corrected chi connectivity index (χ2v) is 5.84. The zero-order valence-electron chi connectivity index (χ0n) is 11.0. The smallest absolute Gasteiger partial charge is 0.237 e. The van der Waals surface area contributed by atoms with E-state index in [1.165, 1.54) is 11.8 Å². The zero-order chi connectivity index (χ0) is 14.4. The lowest BCUT2D eigenvalue weighted by atomic mass is 10.3. The molecule has 0 saturated heterocycles. The molecule has 0 aliphatic rings. The Morgan fingerprint density at radius 3 is 2.65 bits per heavy atom. The molecule has 1 N–H and O–H groups in total. The molecule has 0 aliphatic carbocycles. The van der Waals surface area contributed by atoms with Crippen molar-refractivity contribution in [3.63, 3.8) is 0 Å². The quantitative estimate of drug-likeness (QED) is 0.840. The van der Waals surface area contributed by atoms with E-state index in [4.69, 9.17) is 11.6 Å². The van der Waals surface area contributed by atoms with Crippen LogP contribution in [-0.2, 0) is 4.79 Å². The van der Waals surface area contributed by atoms with Gasteiger partial charge in [-0.15, -0.1) is 0 Å². The Balaban J connectivity index is 2.00. The first-order valence-corrected chi connectivity index (χ1v) is 7.59. The van der Waals surface area contributed by atoms with Crippen LogP contribution in [-0.4, -0.2) is 16.1 Å². The van der Waals surface area contributed by atoms with Crippen LogP contribution in [0.5, 0.6) is 0 Å². The van der Waals surface area contributed by atoms with Crippen molar-refractivity contribution in [2.75, 3.05) is 5.32 Å². The second-order valence-electron chi connectivity index (χ2n) is 4.18. The van der Waals surface area contributed by atoms with Gasteiger partial charge >= 0.3 is 0 Å². The molecule has 104 valence electrons. The molecule has 1 unspecified atom stereocenters. The van der Waals surface area contributed by atoms with E-state index in [2.05, 4.69) is 10.3 Å². The minimum Gasteiger partial charge on any atom is -0.325 e. The number of rotatable bonds is 5. The maximum Gasteiger partial charge on any atom is 0.237 e. The molecule has 3 nitrogen and oxygen atoms in total. The topological polar surface area (TPSA) is 42.0 Å². The average Bonchev–Trinajstić information content (AvgIpc) is 2.48. The molecule has 5 heteroatoms. The lowest BCUT2D eigenvalue weighted by Crippen LogP contribution is -2.24. The van der Waals surface area contributed by atoms with Gasteiger partial charge < -0.3 is 5.32 Å². The van der Waals surface area contributed by atoms with Crippen LogP contribution < -0.4 is 5.32 Å². The predicted octanol–water partition coefficient (Wildman–Crippen LogP) is 4.24. The molecule has 1 aromatic heterocycles. The van der Waals surface area contributed by atoms with Crippen LogP contribution in [0.3, 0.4) is 0 Å². The van der Waals surface area contributed by atoms with Crippen molar-refractivity contribution in [1.82, 2.24) is 4.98 Å². The minimum atomic E-state index is -0.166. The van der Waals surface area contributed by atoms with Crippen molar-refractivity contribution in [3.05, 3.63) is 53.7 Å². The highest BCUT2D eigenvalue weighted by Gasteiger charge is 2.18. The number of anilines is 1. The van der Waals surface area contributed by atoms with E-state index in [0.717, 1.165) is 17.1 Å². The molecule has 2 aromatic rings. The lowest BCUT2D eigenvalue weighted by Gasteiger charge is -2.14. The summed E-state index contributed by atoms with van der Waals surface area (Å²) in [5.41, 5.74) is 0.750. The Kier molecular flexibility index (Phi) is 5.44. The van der Waals surface area contributed by atoms with Crippen molar-refractivity contribution in [2.24, 2.45) is 0 Å². The number of amides is 1. The van der Waals surface area contributed by atoms with E-state index >= 15 is 0 Å². The number of hydrogen-bond donors (Lipinski definition) is 1. The molecular formula is C15H15ClN2OS. The van der Waals surface area contributed by atoms with Crippen LogP contribution in [0.2, 0.25) is 5.02 Å². The predicted molar refractivity (Wildman–Crippen MR) is 84.3 cm³/mol. The zero-order valence-corrected chi connectivity index (χ0v) is 12.6. The fourth-order valence-electron chi connectivity index (χ4n) is 1.64. The van der Waals surface area contributed by atoms with Crippen molar-refractivity contribution in [2.45, 2.75) is 23.6 Å². The second kappa shape index (κ2) is 7.31. The number of aromatic nitrogens is 1. The molecule has 0 fully saturated rings. The number of halogens is 1. The van der Waals surface area contributed by atoms with Crippen LogP contribution in [0.1, 0.15) is 13.3 Å². The van der Waals surface area contributed by atoms with E-state index in [-0.39, 0.29) is 11.2 Å². The first-order chi connectivity index (χ1) is 9.69. The van der Waals surface area contributed by atoms with Gasteiger partial charge in [0.15, 0.2) is 0 Å². The van der Waals surface area contributed by atoms with E-state index in [0.29, 0.717) is 5.02 Å². The molecule has 1 amide bonds. The number of nitrogens with one attached hydrogen (secondary N) is 1. The summed E-state index contributed by atoms with van der Waals surface area (Å²) < 4.78 is 0. The lowest BCUT2D eigenvalue weighted by molar-refractivity contribution is -0.115. The van der Waals surface area contributed by atoms with Gasteiger partial charge in [0, 0.05) is 16.9 Å². The third-order valence-corrected chi connectivity index (χ3v) is 4.24. The van der Waals surface area contributed by atoms with Gasteiger partial charge in [0.25, 0.3) is 0 Å². The van der Waals surface area contributed by atoms with Crippen molar-refractivity contribution in [3.8, 4) is 0 Å². The van der Waals surface area contributed by atoms with Gasteiger partial charge in [-0.2, -0.15) is 0 Å². The summed E-state index contributed by atoms with van der Waals surface area (Å²) in [6, 6.07) is 12.8. The van der Waals surface area contributed by atoms with Gasteiger partial charge in [0.05, 0.1) is 10.3 Å². The number of thioether (sulfide) groups is 1. The number of hydrogen-bond acceptors (Lipinski definition) is 3. The molecule has 1 atom stereocenters. The van der Waals surface area contributed by atoms with E-state index < -0.39 is 0 Å². The van der Waals surface area contributed by atoms with Gasteiger partial charge in [-0.05, 0) is 42.8 Å². The summed E-state index contributed by atoms with van der Waals surface area (Å²) in [7, 11) is 0. The van der Waals surface area contributed by atoms with Gasteiger partial charge in [-0.25, -0.2) is 4.98 Å². The summed E-state index contributed by atoms with van der Waals surface area (Å²) in [4.78, 5) is 16.5. The largest absolute Gasteiger partial charge is 0.325 e. The molecule has 0 aliphatic heterocycles. The van der Waals surface area contributed by atoms with E-state index in [1.54, 1.807) is 30.5 Å². The van der Waals surface area contributed by atoms with Crippen LogP contribution in [0.25, 0.3) is 0 Å². The Morgan fingerprint density at radius 2 is 2.05 bits per heavy atom. The van der Waals surface area contributed by atoms with Crippen LogP contribution in [0.15, 0.2) is 53.7 Å². The fraction of sp³-hybridized carbons (Fsp3) is 0.200. The summed E-state index contributed by atoms with van der Waals surface area (Å²) in [5.74, 6) is -0.0227. The normalized spacial score (nSPS) is 11.9. The highest BCUT2D eigenvalue weighted by molar-refractivity contribution is 8.00.